The first-order chi connectivity index (χ1) is 12.7. The second-order valence-corrected chi connectivity index (χ2v) is 9.55. The molecule has 4 bridgehead atoms. The molecule has 0 aromatic heterocycles. The summed E-state index contributed by atoms with van der Waals surface area (Å²) in [5.41, 5.74) is -0.304. The summed E-state index contributed by atoms with van der Waals surface area (Å²) in [6, 6.07) is -0.450. The molecule has 0 aromatic carbocycles. The maximum absolute atomic E-state index is 12.9. The summed E-state index contributed by atoms with van der Waals surface area (Å²) < 4.78 is 38.7. The lowest BCUT2D eigenvalue weighted by atomic mass is 9.49. The number of amides is 2. The van der Waals surface area contributed by atoms with Crippen LogP contribution in [-0.2, 0) is 9.59 Å². The average molecular weight is 386 g/mol. The van der Waals surface area contributed by atoms with Crippen LogP contribution >= 0.6 is 0 Å². The Morgan fingerprint density at radius 3 is 2.07 bits per heavy atom. The zero-order valence-electron chi connectivity index (χ0n) is 15.6. The third-order valence-corrected chi connectivity index (χ3v) is 7.43. The first-order valence-corrected chi connectivity index (χ1v) is 10.4. The van der Waals surface area contributed by atoms with Crippen LogP contribution in [0.4, 0.5) is 13.2 Å². The van der Waals surface area contributed by atoms with Gasteiger partial charge in [-0.15, -0.1) is 0 Å². The van der Waals surface area contributed by atoms with Crippen molar-refractivity contribution in [2.24, 2.45) is 29.1 Å². The van der Waals surface area contributed by atoms with Crippen molar-refractivity contribution in [2.75, 3.05) is 6.54 Å². The summed E-state index contributed by atoms with van der Waals surface area (Å²) in [6.07, 6.45) is 3.45. The fraction of sp³-hybridized carbons (Fsp3) is 0.900. The Hall–Kier alpha value is -1.27. The number of carbonyl (C=O) groups excluding carboxylic acids is 2. The van der Waals surface area contributed by atoms with Crippen LogP contribution in [0.15, 0.2) is 0 Å². The number of halogens is 3. The summed E-state index contributed by atoms with van der Waals surface area (Å²) in [5, 5.41) is 5.49. The lowest BCUT2D eigenvalue weighted by Gasteiger charge is -2.55. The molecular weight excluding hydrogens is 357 g/mol. The number of hydrogen-bond acceptors (Lipinski definition) is 2. The number of nitrogens with one attached hydrogen (secondary N) is 2. The molecule has 5 rings (SSSR count). The van der Waals surface area contributed by atoms with Gasteiger partial charge >= 0.3 is 6.18 Å². The van der Waals surface area contributed by atoms with Crippen molar-refractivity contribution in [3.8, 4) is 0 Å². The molecule has 0 aromatic rings. The first-order valence-electron chi connectivity index (χ1n) is 10.4. The van der Waals surface area contributed by atoms with Crippen molar-refractivity contribution in [1.29, 1.82) is 0 Å². The van der Waals surface area contributed by atoms with Gasteiger partial charge in [-0.05, 0) is 75.5 Å². The Morgan fingerprint density at radius 2 is 1.52 bits per heavy atom. The van der Waals surface area contributed by atoms with E-state index in [4.69, 9.17) is 0 Å². The van der Waals surface area contributed by atoms with Gasteiger partial charge in [-0.2, -0.15) is 13.2 Å². The molecule has 5 saturated carbocycles. The maximum Gasteiger partial charge on any atom is 0.391 e. The summed E-state index contributed by atoms with van der Waals surface area (Å²) in [4.78, 5) is 25.0. The topological polar surface area (TPSA) is 58.2 Å². The standard InChI is InChI=1S/C20H29F3N2O2/c21-20(22,23)15-2-1-3-16(7-15)25-17(26)11-24-18(27)19-8-12-4-13(9-19)6-14(5-12)10-19/h12-16H,1-11H2,(H,24,27)(H,25,26)/t12?,13?,14?,15-,16-,19?/m1/s1. The predicted octanol–water partition coefficient (Wildman–Crippen LogP) is 3.56. The van der Waals surface area contributed by atoms with E-state index >= 15 is 0 Å². The van der Waals surface area contributed by atoms with Crippen LogP contribution < -0.4 is 10.6 Å². The fourth-order valence-corrected chi connectivity index (χ4v) is 6.63. The molecule has 0 unspecified atom stereocenters. The SMILES string of the molecule is O=C(CNC(=O)C12CC3CC(CC(C3)C1)C2)N[C@@H]1CCC[C@@H](C(F)(F)F)C1. The molecule has 7 heteroatoms. The van der Waals surface area contributed by atoms with E-state index < -0.39 is 18.1 Å². The molecule has 5 fully saturated rings. The van der Waals surface area contributed by atoms with Gasteiger partial charge < -0.3 is 10.6 Å². The van der Waals surface area contributed by atoms with Crippen LogP contribution in [0, 0.1) is 29.1 Å². The molecule has 0 heterocycles. The molecule has 5 aliphatic rings. The molecule has 4 nitrogen and oxygen atoms in total. The van der Waals surface area contributed by atoms with Gasteiger partial charge in [-0.1, -0.05) is 6.42 Å². The summed E-state index contributed by atoms with van der Waals surface area (Å²) in [7, 11) is 0. The van der Waals surface area contributed by atoms with Crippen LogP contribution in [0.2, 0.25) is 0 Å². The van der Waals surface area contributed by atoms with Gasteiger partial charge in [0.05, 0.1) is 12.5 Å². The third kappa shape index (κ3) is 3.97. The summed E-state index contributed by atoms with van der Waals surface area (Å²) in [5.74, 6) is 0.222. The van der Waals surface area contributed by atoms with E-state index in [2.05, 4.69) is 10.6 Å². The molecule has 27 heavy (non-hydrogen) atoms. The lowest BCUT2D eigenvalue weighted by molar-refractivity contribution is -0.184. The summed E-state index contributed by atoms with van der Waals surface area (Å²) in [6.45, 7) is -0.131. The highest BCUT2D eigenvalue weighted by Crippen LogP contribution is 2.60. The van der Waals surface area contributed by atoms with Gasteiger partial charge in [0.25, 0.3) is 0 Å². The number of alkyl halides is 3. The Kier molecular flexibility index (Phi) is 4.91. The van der Waals surface area contributed by atoms with E-state index in [1.54, 1.807) is 0 Å². The highest BCUT2D eigenvalue weighted by molar-refractivity contribution is 5.88. The van der Waals surface area contributed by atoms with Crippen LogP contribution in [0.1, 0.15) is 64.2 Å². The smallest absolute Gasteiger partial charge is 0.352 e. The second kappa shape index (κ2) is 6.96. The van der Waals surface area contributed by atoms with E-state index in [0.29, 0.717) is 30.6 Å². The minimum Gasteiger partial charge on any atom is -0.352 e. The van der Waals surface area contributed by atoms with Gasteiger partial charge in [0.15, 0.2) is 0 Å². The molecule has 5 aliphatic carbocycles. The second-order valence-electron chi connectivity index (χ2n) is 9.55. The first kappa shape index (κ1) is 19.1. The van der Waals surface area contributed by atoms with Crippen molar-refractivity contribution in [1.82, 2.24) is 10.6 Å². The zero-order chi connectivity index (χ0) is 19.2. The Morgan fingerprint density at radius 1 is 0.926 bits per heavy atom. The Labute approximate surface area is 158 Å². The molecule has 2 amide bonds. The number of rotatable bonds is 4. The van der Waals surface area contributed by atoms with Crippen molar-refractivity contribution < 1.29 is 22.8 Å². The van der Waals surface area contributed by atoms with Crippen molar-refractivity contribution >= 4 is 11.8 Å². The predicted molar refractivity (Wildman–Crippen MR) is 93.6 cm³/mol. The van der Waals surface area contributed by atoms with Crippen LogP contribution in [0.25, 0.3) is 0 Å². The Bertz CT molecular complexity index is 569. The van der Waals surface area contributed by atoms with E-state index in [1.807, 2.05) is 0 Å². The monoisotopic (exact) mass is 386 g/mol. The summed E-state index contributed by atoms with van der Waals surface area (Å²) >= 11 is 0. The number of carbonyl (C=O) groups is 2. The van der Waals surface area contributed by atoms with Crippen molar-refractivity contribution in [3.63, 3.8) is 0 Å². The van der Waals surface area contributed by atoms with Crippen LogP contribution in [0.5, 0.6) is 0 Å². The molecule has 0 spiro atoms. The lowest BCUT2D eigenvalue weighted by Crippen LogP contribution is -2.55. The molecule has 0 aliphatic heterocycles. The van der Waals surface area contributed by atoms with Gasteiger partial charge in [0.1, 0.15) is 0 Å². The highest BCUT2D eigenvalue weighted by Gasteiger charge is 2.54. The van der Waals surface area contributed by atoms with Gasteiger partial charge in [-0.25, -0.2) is 0 Å². The molecular formula is C20H29F3N2O2. The third-order valence-electron chi connectivity index (χ3n) is 7.43. The molecule has 2 atom stereocenters. The maximum atomic E-state index is 12.9. The van der Waals surface area contributed by atoms with Gasteiger partial charge in [0.2, 0.25) is 11.8 Å². The van der Waals surface area contributed by atoms with E-state index in [0.717, 1.165) is 19.3 Å². The average Bonchev–Trinajstić information content (AvgIpc) is 2.58. The normalized spacial score (nSPS) is 40.6. The molecule has 152 valence electrons. The minimum atomic E-state index is -4.20. The molecule has 2 N–H and O–H groups in total. The zero-order valence-corrected chi connectivity index (χ0v) is 15.6. The minimum absolute atomic E-state index is 0.0198. The van der Waals surface area contributed by atoms with E-state index in [1.165, 1.54) is 19.3 Å². The van der Waals surface area contributed by atoms with Gasteiger partial charge in [0, 0.05) is 11.5 Å². The van der Waals surface area contributed by atoms with Crippen LogP contribution in [0.3, 0.4) is 0 Å². The van der Waals surface area contributed by atoms with Crippen molar-refractivity contribution in [2.45, 2.75) is 76.4 Å². The molecule has 0 saturated heterocycles. The fourth-order valence-electron chi connectivity index (χ4n) is 6.63. The largest absolute Gasteiger partial charge is 0.391 e. The molecule has 0 radical (unpaired) electrons. The quantitative estimate of drug-likeness (QED) is 0.776. The Balaban J connectivity index is 1.26. The number of hydrogen-bond donors (Lipinski definition) is 2. The van der Waals surface area contributed by atoms with Crippen molar-refractivity contribution in [3.05, 3.63) is 0 Å². The van der Waals surface area contributed by atoms with E-state index in [9.17, 15) is 22.8 Å². The highest BCUT2D eigenvalue weighted by atomic mass is 19.4. The van der Waals surface area contributed by atoms with Crippen LogP contribution in [-0.4, -0.2) is 30.6 Å². The van der Waals surface area contributed by atoms with E-state index in [-0.39, 0.29) is 36.6 Å². The van der Waals surface area contributed by atoms with Gasteiger partial charge in [-0.3, -0.25) is 9.59 Å².